The van der Waals surface area contributed by atoms with Gasteiger partial charge in [0.05, 0.1) is 6.10 Å². The largest absolute Gasteiger partial charge is 0.507 e. The van der Waals surface area contributed by atoms with Crippen molar-refractivity contribution >= 4 is 0 Å². The van der Waals surface area contributed by atoms with E-state index in [9.17, 15) is 5.11 Å². The van der Waals surface area contributed by atoms with Crippen molar-refractivity contribution in [3.63, 3.8) is 0 Å². The van der Waals surface area contributed by atoms with Gasteiger partial charge in [0.25, 0.3) is 0 Å². The summed E-state index contributed by atoms with van der Waals surface area (Å²) >= 11 is 0. The van der Waals surface area contributed by atoms with E-state index in [-0.39, 0.29) is 18.3 Å². The second-order valence-electron chi connectivity index (χ2n) is 8.26. The molecule has 3 heteroatoms. The molecule has 0 aliphatic carbocycles. The van der Waals surface area contributed by atoms with Gasteiger partial charge >= 0.3 is 0 Å². The third-order valence-electron chi connectivity index (χ3n) is 5.67. The van der Waals surface area contributed by atoms with Gasteiger partial charge in [-0.1, -0.05) is 37.1 Å². The number of aromatic hydroxyl groups is 1. The van der Waals surface area contributed by atoms with E-state index in [1.165, 1.54) is 11.1 Å². The summed E-state index contributed by atoms with van der Waals surface area (Å²) in [5.74, 6) is 1.64. The fourth-order valence-corrected chi connectivity index (χ4v) is 4.31. The number of rotatable bonds is 8. The molecule has 1 aliphatic rings. The molecule has 1 N–H and O–H groups in total. The fourth-order valence-electron chi connectivity index (χ4n) is 4.31. The number of fused-ring (bicyclic) bond motifs is 1. The van der Waals surface area contributed by atoms with Crippen LogP contribution < -0.4 is 4.74 Å². The van der Waals surface area contributed by atoms with Gasteiger partial charge in [-0.25, -0.2) is 0 Å². The van der Waals surface area contributed by atoms with Gasteiger partial charge in [0.1, 0.15) is 11.5 Å². The standard InChI is InChI=1S/C25H38O3/c1-8-11-12-18(9-2)19-13-22(26)25-21(20(10-3)16(4)5)15-24(27-17(6)7)28-23(25)14-19/h8,11,13-14,17-18,21,24,26H,9-10,12,15H2,1-7H3/b11-8+. The van der Waals surface area contributed by atoms with E-state index in [1.54, 1.807) is 0 Å². The molecule has 0 spiro atoms. The van der Waals surface area contributed by atoms with Crippen molar-refractivity contribution in [2.45, 2.75) is 98.4 Å². The maximum atomic E-state index is 11.0. The number of benzene rings is 1. The van der Waals surface area contributed by atoms with Crippen LogP contribution in [-0.2, 0) is 4.74 Å². The Bertz CT molecular complexity index is 711. The molecule has 0 bridgehead atoms. The lowest BCUT2D eigenvalue weighted by Gasteiger charge is -2.35. The predicted octanol–water partition coefficient (Wildman–Crippen LogP) is 7.22. The molecule has 1 heterocycles. The fraction of sp³-hybridized carbons (Fsp3) is 0.600. The summed E-state index contributed by atoms with van der Waals surface area (Å²) in [5.41, 5.74) is 4.74. The summed E-state index contributed by atoms with van der Waals surface area (Å²) in [6.07, 6.45) is 7.77. The Morgan fingerprint density at radius 2 is 2.00 bits per heavy atom. The number of hydrogen-bond donors (Lipinski definition) is 1. The lowest BCUT2D eigenvalue weighted by Crippen LogP contribution is -2.31. The molecule has 28 heavy (non-hydrogen) atoms. The first-order valence-electron chi connectivity index (χ1n) is 10.8. The molecular weight excluding hydrogens is 348 g/mol. The quantitative estimate of drug-likeness (QED) is 0.479. The SMILES string of the molecule is C/C=C/CC(CC)c1cc(O)c2c(c1)OC(OC(C)C)CC2C(CC)=C(C)C. The van der Waals surface area contributed by atoms with Crippen molar-refractivity contribution < 1.29 is 14.6 Å². The van der Waals surface area contributed by atoms with Crippen LogP contribution in [0.25, 0.3) is 0 Å². The van der Waals surface area contributed by atoms with Crippen molar-refractivity contribution in [1.29, 1.82) is 0 Å². The van der Waals surface area contributed by atoms with Gasteiger partial charge in [-0.2, -0.15) is 0 Å². The lowest BCUT2D eigenvalue weighted by molar-refractivity contribution is -0.120. The highest BCUT2D eigenvalue weighted by molar-refractivity contribution is 5.54. The molecule has 0 aromatic heterocycles. The van der Waals surface area contributed by atoms with E-state index in [2.05, 4.69) is 45.9 Å². The minimum absolute atomic E-state index is 0.0961. The van der Waals surface area contributed by atoms with Crippen molar-refractivity contribution in [3.8, 4) is 11.5 Å². The number of ether oxygens (including phenoxy) is 2. The van der Waals surface area contributed by atoms with E-state index in [1.807, 2.05) is 26.8 Å². The zero-order valence-corrected chi connectivity index (χ0v) is 18.7. The summed E-state index contributed by atoms with van der Waals surface area (Å²) < 4.78 is 12.3. The second kappa shape index (κ2) is 10.2. The van der Waals surface area contributed by atoms with E-state index >= 15 is 0 Å². The number of allylic oxidation sites excluding steroid dienone is 4. The molecule has 1 aliphatic heterocycles. The van der Waals surface area contributed by atoms with Crippen LogP contribution in [-0.4, -0.2) is 17.5 Å². The Morgan fingerprint density at radius 3 is 2.54 bits per heavy atom. The van der Waals surface area contributed by atoms with E-state index in [0.29, 0.717) is 11.7 Å². The third kappa shape index (κ3) is 5.20. The zero-order chi connectivity index (χ0) is 20.8. The van der Waals surface area contributed by atoms with Gasteiger partial charge in [-0.3, -0.25) is 0 Å². The third-order valence-corrected chi connectivity index (χ3v) is 5.67. The van der Waals surface area contributed by atoms with E-state index in [0.717, 1.165) is 42.6 Å². The first-order valence-corrected chi connectivity index (χ1v) is 10.8. The van der Waals surface area contributed by atoms with E-state index in [4.69, 9.17) is 9.47 Å². The Labute approximate surface area is 171 Å². The van der Waals surface area contributed by atoms with Crippen molar-refractivity contribution in [2.75, 3.05) is 0 Å². The highest BCUT2D eigenvalue weighted by Gasteiger charge is 2.34. The van der Waals surface area contributed by atoms with E-state index < -0.39 is 0 Å². The van der Waals surface area contributed by atoms with Crippen molar-refractivity contribution in [3.05, 3.63) is 46.6 Å². The van der Waals surface area contributed by atoms with Gasteiger partial charge in [0.2, 0.25) is 6.29 Å². The van der Waals surface area contributed by atoms with Crippen molar-refractivity contribution in [1.82, 2.24) is 0 Å². The topological polar surface area (TPSA) is 38.7 Å². The second-order valence-corrected chi connectivity index (χ2v) is 8.26. The summed E-state index contributed by atoms with van der Waals surface area (Å²) in [5, 5.41) is 11.0. The molecule has 2 rings (SSSR count). The first kappa shape index (κ1) is 22.5. The Hall–Kier alpha value is -1.74. The van der Waals surface area contributed by atoms with Crippen LogP contribution in [0.5, 0.6) is 11.5 Å². The molecule has 1 aromatic carbocycles. The van der Waals surface area contributed by atoms with Gasteiger partial charge in [0, 0.05) is 17.9 Å². The van der Waals surface area contributed by atoms with Crippen LogP contribution in [0, 0.1) is 0 Å². The maximum Gasteiger partial charge on any atom is 0.200 e. The molecule has 0 saturated heterocycles. The Kier molecular flexibility index (Phi) is 8.18. The summed E-state index contributed by atoms with van der Waals surface area (Å²) in [4.78, 5) is 0. The maximum absolute atomic E-state index is 11.0. The highest BCUT2D eigenvalue weighted by Crippen LogP contribution is 2.48. The molecule has 3 atom stereocenters. The van der Waals surface area contributed by atoms with Crippen LogP contribution in [0.1, 0.15) is 97.1 Å². The van der Waals surface area contributed by atoms with Crippen LogP contribution in [0.15, 0.2) is 35.4 Å². The molecule has 3 nitrogen and oxygen atoms in total. The van der Waals surface area contributed by atoms with Gasteiger partial charge < -0.3 is 14.6 Å². The number of hydrogen-bond acceptors (Lipinski definition) is 3. The van der Waals surface area contributed by atoms with Gasteiger partial charge in [-0.05, 0) is 77.5 Å². The molecule has 156 valence electrons. The number of phenols is 1. The van der Waals surface area contributed by atoms with Crippen molar-refractivity contribution in [2.24, 2.45) is 0 Å². The molecule has 0 radical (unpaired) electrons. The molecule has 1 aromatic rings. The average molecular weight is 387 g/mol. The number of phenolic OH excluding ortho intramolecular Hbond substituents is 1. The van der Waals surface area contributed by atoms with Crippen LogP contribution in [0.2, 0.25) is 0 Å². The normalized spacial score (nSPS) is 20.1. The summed E-state index contributed by atoms with van der Waals surface area (Å²) in [7, 11) is 0. The summed E-state index contributed by atoms with van der Waals surface area (Å²) in [6, 6.07) is 4.09. The first-order chi connectivity index (χ1) is 13.3. The smallest absolute Gasteiger partial charge is 0.200 e. The van der Waals surface area contributed by atoms with Gasteiger partial charge in [-0.15, -0.1) is 0 Å². The molecular formula is C25H38O3. The van der Waals surface area contributed by atoms with Crippen LogP contribution >= 0.6 is 0 Å². The minimum atomic E-state index is -0.288. The molecule has 0 fully saturated rings. The monoisotopic (exact) mass is 386 g/mol. The lowest BCUT2D eigenvalue weighted by atomic mass is 9.80. The van der Waals surface area contributed by atoms with Crippen LogP contribution in [0.3, 0.4) is 0 Å². The summed E-state index contributed by atoms with van der Waals surface area (Å²) in [6.45, 7) is 14.8. The van der Waals surface area contributed by atoms with Crippen LogP contribution in [0.4, 0.5) is 0 Å². The average Bonchev–Trinajstić information content (AvgIpc) is 2.61. The van der Waals surface area contributed by atoms with Gasteiger partial charge in [0.15, 0.2) is 0 Å². The Balaban J connectivity index is 2.54. The predicted molar refractivity (Wildman–Crippen MR) is 117 cm³/mol. The molecule has 0 amide bonds. The zero-order valence-electron chi connectivity index (χ0n) is 18.7. The molecule has 3 unspecified atom stereocenters. The highest BCUT2D eigenvalue weighted by atomic mass is 16.7. The minimum Gasteiger partial charge on any atom is -0.507 e. The molecule has 0 saturated carbocycles. The Morgan fingerprint density at radius 1 is 1.29 bits per heavy atom.